The lowest BCUT2D eigenvalue weighted by molar-refractivity contribution is 0.135. The molecule has 1 aliphatic rings. The quantitative estimate of drug-likeness (QED) is 0.536. The summed E-state index contributed by atoms with van der Waals surface area (Å²) in [7, 11) is 0. The van der Waals surface area contributed by atoms with Gasteiger partial charge in [-0.3, -0.25) is 4.98 Å². The minimum absolute atomic E-state index is 0.0423. The van der Waals surface area contributed by atoms with Crippen molar-refractivity contribution in [3.05, 3.63) is 102 Å². The summed E-state index contributed by atoms with van der Waals surface area (Å²) in [5.74, 6) is 1.13. The van der Waals surface area contributed by atoms with E-state index < -0.39 is 0 Å². The van der Waals surface area contributed by atoms with Crippen molar-refractivity contribution in [1.29, 1.82) is 0 Å². The Kier molecular flexibility index (Phi) is 5.14. The van der Waals surface area contributed by atoms with E-state index in [1.807, 2.05) is 72.8 Å². The van der Waals surface area contributed by atoms with E-state index in [0.717, 1.165) is 16.7 Å². The van der Waals surface area contributed by atoms with Gasteiger partial charge in [-0.15, -0.1) is 0 Å². The standard InChI is InChI=1S/C24H21N5O2/c30-24(26-21(17-7-3-1-4-8-17)18-9-5-2-6-10-18)29-15-20(16-29)23-27-22(28-31-23)19-11-13-25-14-12-19/h1-14,20-21H,15-16H2,(H,26,30). The molecule has 0 saturated carbocycles. The second-order valence-corrected chi connectivity index (χ2v) is 7.50. The summed E-state index contributed by atoms with van der Waals surface area (Å²) < 4.78 is 5.43. The van der Waals surface area contributed by atoms with Gasteiger partial charge in [0.2, 0.25) is 11.7 Å². The summed E-state index contributed by atoms with van der Waals surface area (Å²) >= 11 is 0. The van der Waals surface area contributed by atoms with Crippen LogP contribution in [-0.4, -0.2) is 39.1 Å². The fourth-order valence-corrected chi connectivity index (χ4v) is 3.68. The zero-order chi connectivity index (χ0) is 21.0. The first-order valence-electron chi connectivity index (χ1n) is 10.2. The molecule has 7 nitrogen and oxygen atoms in total. The summed E-state index contributed by atoms with van der Waals surface area (Å²) in [5, 5.41) is 7.22. The Hall–Kier alpha value is -4.00. The number of rotatable bonds is 5. The van der Waals surface area contributed by atoms with Gasteiger partial charge in [0.15, 0.2) is 0 Å². The number of hydrogen-bond acceptors (Lipinski definition) is 5. The summed E-state index contributed by atoms with van der Waals surface area (Å²) in [6.07, 6.45) is 3.38. The summed E-state index contributed by atoms with van der Waals surface area (Å²) in [6.45, 7) is 1.08. The number of nitrogens with one attached hydrogen (secondary N) is 1. The second-order valence-electron chi connectivity index (χ2n) is 7.50. The number of carbonyl (C=O) groups is 1. The largest absolute Gasteiger partial charge is 0.339 e. The molecular weight excluding hydrogens is 390 g/mol. The van der Waals surface area contributed by atoms with E-state index in [1.54, 1.807) is 17.3 Å². The molecule has 1 fully saturated rings. The normalized spacial score (nSPS) is 13.8. The van der Waals surface area contributed by atoms with Crippen LogP contribution in [0.25, 0.3) is 11.4 Å². The van der Waals surface area contributed by atoms with Gasteiger partial charge in [0.05, 0.1) is 12.0 Å². The van der Waals surface area contributed by atoms with Crippen molar-refractivity contribution in [2.24, 2.45) is 0 Å². The molecule has 154 valence electrons. The molecule has 2 amide bonds. The van der Waals surface area contributed by atoms with E-state index in [4.69, 9.17) is 4.52 Å². The first-order valence-corrected chi connectivity index (χ1v) is 10.2. The Balaban J connectivity index is 1.25. The maximum absolute atomic E-state index is 12.9. The summed E-state index contributed by atoms with van der Waals surface area (Å²) in [5.41, 5.74) is 2.93. The number of urea groups is 1. The van der Waals surface area contributed by atoms with Crippen molar-refractivity contribution in [3.63, 3.8) is 0 Å². The number of carbonyl (C=O) groups excluding carboxylic acids is 1. The average molecular weight is 411 g/mol. The Bertz CT molecular complexity index is 1100. The Morgan fingerprint density at radius 1 is 0.935 bits per heavy atom. The van der Waals surface area contributed by atoms with E-state index in [-0.39, 0.29) is 18.0 Å². The third kappa shape index (κ3) is 4.02. The molecule has 2 aromatic heterocycles. The second kappa shape index (κ2) is 8.39. The van der Waals surface area contributed by atoms with Crippen molar-refractivity contribution in [2.75, 3.05) is 13.1 Å². The molecule has 0 atom stereocenters. The molecule has 31 heavy (non-hydrogen) atoms. The van der Waals surface area contributed by atoms with Crippen LogP contribution in [0.4, 0.5) is 4.79 Å². The van der Waals surface area contributed by atoms with Crippen molar-refractivity contribution < 1.29 is 9.32 Å². The molecule has 0 unspecified atom stereocenters. The van der Waals surface area contributed by atoms with Gasteiger partial charge in [0, 0.05) is 31.0 Å². The third-order valence-corrected chi connectivity index (χ3v) is 5.43. The monoisotopic (exact) mass is 411 g/mol. The molecule has 2 aromatic carbocycles. The van der Waals surface area contributed by atoms with E-state index in [9.17, 15) is 4.79 Å². The molecule has 0 spiro atoms. The number of benzene rings is 2. The number of pyridine rings is 1. The highest BCUT2D eigenvalue weighted by molar-refractivity contribution is 5.76. The highest BCUT2D eigenvalue weighted by atomic mass is 16.5. The molecule has 1 N–H and O–H groups in total. The lowest BCUT2D eigenvalue weighted by Crippen LogP contribution is -2.53. The van der Waals surface area contributed by atoms with Crippen molar-refractivity contribution in [2.45, 2.75) is 12.0 Å². The first kappa shape index (κ1) is 19.0. The molecule has 7 heteroatoms. The Labute approximate surface area is 179 Å². The van der Waals surface area contributed by atoms with Crippen molar-refractivity contribution >= 4 is 6.03 Å². The van der Waals surface area contributed by atoms with Crippen LogP contribution in [0.1, 0.15) is 29.0 Å². The van der Waals surface area contributed by atoms with Crippen molar-refractivity contribution in [1.82, 2.24) is 25.3 Å². The van der Waals surface area contributed by atoms with Crippen LogP contribution in [0, 0.1) is 0 Å². The van der Waals surface area contributed by atoms with Gasteiger partial charge in [0.25, 0.3) is 0 Å². The van der Waals surface area contributed by atoms with Gasteiger partial charge in [-0.25, -0.2) is 4.79 Å². The van der Waals surface area contributed by atoms with Gasteiger partial charge in [-0.05, 0) is 23.3 Å². The number of amides is 2. The van der Waals surface area contributed by atoms with Crippen LogP contribution in [0.5, 0.6) is 0 Å². The topological polar surface area (TPSA) is 84.2 Å². The van der Waals surface area contributed by atoms with Gasteiger partial charge < -0.3 is 14.7 Å². The average Bonchev–Trinajstić information content (AvgIpc) is 3.28. The first-order chi connectivity index (χ1) is 15.3. The molecule has 0 aliphatic carbocycles. The zero-order valence-electron chi connectivity index (χ0n) is 16.8. The Morgan fingerprint density at radius 3 is 2.16 bits per heavy atom. The van der Waals surface area contributed by atoms with Gasteiger partial charge >= 0.3 is 6.03 Å². The minimum atomic E-state index is -0.212. The van der Waals surface area contributed by atoms with Crippen LogP contribution in [0.2, 0.25) is 0 Å². The van der Waals surface area contributed by atoms with Gasteiger partial charge in [-0.1, -0.05) is 65.8 Å². The fourth-order valence-electron chi connectivity index (χ4n) is 3.68. The highest BCUT2D eigenvalue weighted by Crippen LogP contribution is 2.29. The maximum Gasteiger partial charge on any atom is 0.318 e. The number of hydrogen-bond donors (Lipinski definition) is 1. The molecule has 1 saturated heterocycles. The van der Waals surface area contributed by atoms with Crippen LogP contribution in [0.3, 0.4) is 0 Å². The van der Waals surface area contributed by atoms with Crippen molar-refractivity contribution in [3.8, 4) is 11.4 Å². The Morgan fingerprint density at radius 2 is 1.55 bits per heavy atom. The van der Waals surface area contributed by atoms with Crippen LogP contribution in [0.15, 0.2) is 89.7 Å². The van der Waals surface area contributed by atoms with Crippen LogP contribution >= 0.6 is 0 Å². The highest BCUT2D eigenvalue weighted by Gasteiger charge is 2.36. The lowest BCUT2D eigenvalue weighted by atomic mass is 9.98. The third-order valence-electron chi connectivity index (χ3n) is 5.43. The van der Waals surface area contributed by atoms with Gasteiger partial charge in [-0.2, -0.15) is 4.98 Å². The number of nitrogens with zero attached hydrogens (tertiary/aromatic N) is 4. The molecule has 4 aromatic rings. The number of aromatic nitrogens is 3. The SMILES string of the molecule is O=C(NC(c1ccccc1)c1ccccc1)N1CC(c2nc(-c3ccncc3)no2)C1. The number of likely N-dealkylation sites (tertiary alicyclic amines) is 1. The lowest BCUT2D eigenvalue weighted by Gasteiger charge is -2.38. The zero-order valence-corrected chi connectivity index (χ0v) is 16.8. The van der Waals surface area contributed by atoms with E-state index >= 15 is 0 Å². The molecule has 0 radical (unpaired) electrons. The predicted octanol–water partition coefficient (Wildman–Crippen LogP) is 4.03. The molecule has 0 bridgehead atoms. The van der Waals surface area contributed by atoms with Gasteiger partial charge in [0.1, 0.15) is 0 Å². The summed E-state index contributed by atoms with van der Waals surface area (Å²) in [4.78, 5) is 23.2. The molecule has 1 aliphatic heterocycles. The smallest absolute Gasteiger partial charge is 0.318 e. The van der Waals surface area contributed by atoms with E-state index in [1.165, 1.54) is 0 Å². The van der Waals surface area contributed by atoms with Crippen LogP contribution < -0.4 is 5.32 Å². The molecule has 5 rings (SSSR count). The minimum Gasteiger partial charge on any atom is -0.339 e. The molecule has 3 heterocycles. The molecular formula is C24H21N5O2. The summed E-state index contributed by atoms with van der Waals surface area (Å²) in [6, 6.07) is 23.3. The predicted molar refractivity (Wildman–Crippen MR) is 115 cm³/mol. The maximum atomic E-state index is 12.9. The van der Waals surface area contributed by atoms with E-state index in [0.29, 0.717) is 24.8 Å². The van der Waals surface area contributed by atoms with E-state index in [2.05, 4.69) is 20.4 Å². The fraction of sp³-hybridized carbons (Fsp3) is 0.167. The van der Waals surface area contributed by atoms with Crippen LogP contribution in [-0.2, 0) is 0 Å².